The summed E-state index contributed by atoms with van der Waals surface area (Å²) in [7, 11) is 0. The van der Waals surface area contributed by atoms with Gasteiger partial charge in [0, 0.05) is 12.2 Å². The SMILES string of the molecule is N#CCN(Cc1ccc(F)cc1)c1ccccc1. The Labute approximate surface area is 106 Å². The van der Waals surface area contributed by atoms with Crippen molar-refractivity contribution in [3.05, 3.63) is 66.0 Å². The zero-order valence-corrected chi connectivity index (χ0v) is 9.88. The highest BCUT2D eigenvalue weighted by atomic mass is 19.1. The predicted molar refractivity (Wildman–Crippen MR) is 69.5 cm³/mol. The van der Waals surface area contributed by atoms with Crippen LogP contribution in [-0.4, -0.2) is 6.54 Å². The van der Waals surface area contributed by atoms with Crippen LogP contribution in [0.1, 0.15) is 5.56 Å². The summed E-state index contributed by atoms with van der Waals surface area (Å²) < 4.78 is 12.8. The number of hydrogen-bond donors (Lipinski definition) is 0. The molecule has 90 valence electrons. The largest absolute Gasteiger partial charge is 0.354 e. The molecule has 0 radical (unpaired) electrons. The third kappa shape index (κ3) is 3.08. The first-order valence-electron chi connectivity index (χ1n) is 5.71. The van der Waals surface area contributed by atoms with Crippen molar-refractivity contribution < 1.29 is 4.39 Å². The van der Waals surface area contributed by atoms with Crippen LogP contribution in [-0.2, 0) is 6.54 Å². The fourth-order valence-electron chi connectivity index (χ4n) is 1.77. The predicted octanol–water partition coefficient (Wildman–Crippen LogP) is 3.36. The molecular weight excluding hydrogens is 227 g/mol. The van der Waals surface area contributed by atoms with Gasteiger partial charge in [0.15, 0.2) is 0 Å². The van der Waals surface area contributed by atoms with E-state index in [2.05, 4.69) is 6.07 Å². The normalized spacial score (nSPS) is 9.78. The second-order valence-electron chi connectivity index (χ2n) is 3.98. The van der Waals surface area contributed by atoms with Crippen LogP contribution in [0.25, 0.3) is 0 Å². The number of hydrogen-bond acceptors (Lipinski definition) is 2. The number of anilines is 1. The second-order valence-corrected chi connectivity index (χ2v) is 3.98. The van der Waals surface area contributed by atoms with E-state index in [1.807, 2.05) is 35.2 Å². The summed E-state index contributed by atoms with van der Waals surface area (Å²) in [5, 5.41) is 8.87. The summed E-state index contributed by atoms with van der Waals surface area (Å²) in [5.41, 5.74) is 1.97. The topological polar surface area (TPSA) is 27.0 Å². The molecule has 0 aromatic heterocycles. The van der Waals surface area contributed by atoms with Crippen LogP contribution in [0.5, 0.6) is 0 Å². The van der Waals surface area contributed by atoms with Gasteiger partial charge in [0.05, 0.1) is 6.07 Å². The summed E-state index contributed by atoms with van der Waals surface area (Å²) in [6.07, 6.45) is 0. The number of para-hydroxylation sites is 1. The highest BCUT2D eigenvalue weighted by Gasteiger charge is 2.06. The monoisotopic (exact) mass is 240 g/mol. The molecule has 0 spiro atoms. The van der Waals surface area contributed by atoms with Gasteiger partial charge in [-0.25, -0.2) is 4.39 Å². The van der Waals surface area contributed by atoms with Crippen LogP contribution in [0.2, 0.25) is 0 Å². The standard InChI is InChI=1S/C15H13FN2/c16-14-8-6-13(7-9-14)12-18(11-10-17)15-4-2-1-3-5-15/h1-9H,11-12H2. The average Bonchev–Trinajstić information content (AvgIpc) is 2.42. The van der Waals surface area contributed by atoms with Crippen LogP contribution in [0.15, 0.2) is 54.6 Å². The molecule has 18 heavy (non-hydrogen) atoms. The van der Waals surface area contributed by atoms with Crippen molar-refractivity contribution >= 4 is 5.69 Å². The maximum atomic E-state index is 12.8. The Morgan fingerprint density at radius 3 is 2.28 bits per heavy atom. The maximum Gasteiger partial charge on any atom is 0.123 e. The molecule has 0 saturated carbocycles. The van der Waals surface area contributed by atoms with E-state index in [4.69, 9.17) is 5.26 Å². The molecule has 0 atom stereocenters. The first-order valence-corrected chi connectivity index (χ1v) is 5.71. The van der Waals surface area contributed by atoms with Gasteiger partial charge in [0.2, 0.25) is 0 Å². The van der Waals surface area contributed by atoms with Gasteiger partial charge >= 0.3 is 0 Å². The van der Waals surface area contributed by atoms with Gasteiger partial charge < -0.3 is 4.90 Å². The Hall–Kier alpha value is -2.34. The van der Waals surface area contributed by atoms with Crippen molar-refractivity contribution in [2.75, 3.05) is 11.4 Å². The van der Waals surface area contributed by atoms with Crippen molar-refractivity contribution in [1.29, 1.82) is 5.26 Å². The molecule has 0 amide bonds. The Morgan fingerprint density at radius 2 is 1.67 bits per heavy atom. The summed E-state index contributed by atoms with van der Waals surface area (Å²) in [6, 6.07) is 18.2. The van der Waals surface area contributed by atoms with E-state index in [1.165, 1.54) is 12.1 Å². The summed E-state index contributed by atoms with van der Waals surface area (Å²) >= 11 is 0. The molecule has 0 aliphatic carbocycles. The molecule has 2 nitrogen and oxygen atoms in total. The van der Waals surface area contributed by atoms with Crippen LogP contribution < -0.4 is 4.90 Å². The van der Waals surface area contributed by atoms with E-state index in [0.29, 0.717) is 13.1 Å². The van der Waals surface area contributed by atoms with Gasteiger partial charge in [0.25, 0.3) is 0 Å². The Balaban J connectivity index is 2.17. The molecule has 2 aromatic rings. The third-order valence-corrected chi connectivity index (χ3v) is 2.67. The Bertz CT molecular complexity index is 529. The highest BCUT2D eigenvalue weighted by molar-refractivity contribution is 5.47. The first kappa shape index (κ1) is 12.1. The fraction of sp³-hybridized carbons (Fsp3) is 0.133. The van der Waals surface area contributed by atoms with Crippen molar-refractivity contribution in [3.63, 3.8) is 0 Å². The van der Waals surface area contributed by atoms with E-state index in [9.17, 15) is 4.39 Å². The van der Waals surface area contributed by atoms with E-state index in [0.717, 1.165) is 11.3 Å². The van der Waals surface area contributed by atoms with Gasteiger partial charge in [-0.05, 0) is 29.8 Å². The van der Waals surface area contributed by atoms with Crippen LogP contribution in [0.4, 0.5) is 10.1 Å². The van der Waals surface area contributed by atoms with E-state index >= 15 is 0 Å². The Morgan fingerprint density at radius 1 is 1.00 bits per heavy atom. The average molecular weight is 240 g/mol. The molecule has 0 aliphatic rings. The number of halogens is 1. The van der Waals surface area contributed by atoms with Crippen LogP contribution in [0.3, 0.4) is 0 Å². The maximum absolute atomic E-state index is 12.8. The molecule has 0 bridgehead atoms. The van der Waals surface area contributed by atoms with Crippen LogP contribution >= 0.6 is 0 Å². The number of nitrogens with zero attached hydrogens (tertiary/aromatic N) is 2. The molecule has 2 rings (SSSR count). The van der Waals surface area contributed by atoms with Crippen molar-refractivity contribution in [3.8, 4) is 6.07 Å². The minimum Gasteiger partial charge on any atom is -0.354 e. The van der Waals surface area contributed by atoms with Crippen molar-refractivity contribution in [1.82, 2.24) is 0 Å². The highest BCUT2D eigenvalue weighted by Crippen LogP contribution is 2.16. The molecule has 0 saturated heterocycles. The molecule has 0 fully saturated rings. The summed E-state index contributed by atoms with van der Waals surface area (Å²) in [5.74, 6) is -0.245. The van der Waals surface area contributed by atoms with E-state index in [-0.39, 0.29) is 5.82 Å². The molecule has 0 heterocycles. The van der Waals surface area contributed by atoms with E-state index in [1.54, 1.807) is 12.1 Å². The summed E-state index contributed by atoms with van der Waals surface area (Å²) in [6.45, 7) is 0.902. The smallest absolute Gasteiger partial charge is 0.123 e. The molecule has 0 unspecified atom stereocenters. The lowest BCUT2D eigenvalue weighted by Gasteiger charge is -2.21. The molecule has 0 N–H and O–H groups in total. The molecule has 0 aliphatic heterocycles. The fourth-order valence-corrected chi connectivity index (χ4v) is 1.77. The molecular formula is C15H13FN2. The minimum absolute atomic E-state index is 0.245. The zero-order valence-electron chi connectivity index (χ0n) is 9.88. The van der Waals surface area contributed by atoms with Gasteiger partial charge in [-0.2, -0.15) is 5.26 Å². The number of rotatable bonds is 4. The lowest BCUT2D eigenvalue weighted by molar-refractivity contribution is 0.626. The first-order chi connectivity index (χ1) is 8.79. The molecule has 2 aromatic carbocycles. The second kappa shape index (κ2) is 5.83. The Kier molecular flexibility index (Phi) is 3.93. The lowest BCUT2D eigenvalue weighted by atomic mass is 10.2. The zero-order chi connectivity index (χ0) is 12.8. The van der Waals surface area contributed by atoms with Crippen molar-refractivity contribution in [2.24, 2.45) is 0 Å². The minimum atomic E-state index is -0.245. The number of benzene rings is 2. The van der Waals surface area contributed by atoms with Crippen molar-refractivity contribution in [2.45, 2.75) is 6.54 Å². The number of nitriles is 1. The third-order valence-electron chi connectivity index (χ3n) is 2.67. The van der Waals surface area contributed by atoms with Gasteiger partial charge in [0.1, 0.15) is 12.4 Å². The van der Waals surface area contributed by atoms with Gasteiger partial charge in [-0.15, -0.1) is 0 Å². The van der Waals surface area contributed by atoms with Gasteiger partial charge in [-0.1, -0.05) is 30.3 Å². The van der Waals surface area contributed by atoms with Gasteiger partial charge in [-0.3, -0.25) is 0 Å². The van der Waals surface area contributed by atoms with Crippen LogP contribution in [0, 0.1) is 17.1 Å². The van der Waals surface area contributed by atoms with E-state index < -0.39 is 0 Å². The molecule has 3 heteroatoms. The quantitative estimate of drug-likeness (QED) is 0.766. The summed E-state index contributed by atoms with van der Waals surface area (Å²) in [4.78, 5) is 1.95. The lowest BCUT2D eigenvalue weighted by Crippen LogP contribution is -2.22.